The molecule has 1 saturated carbocycles. The summed E-state index contributed by atoms with van der Waals surface area (Å²) in [4.78, 5) is 1.14. The van der Waals surface area contributed by atoms with Crippen molar-refractivity contribution in [3.8, 4) is 5.75 Å². The van der Waals surface area contributed by atoms with Crippen LogP contribution in [-0.4, -0.2) is 11.9 Å². The highest BCUT2D eigenvalue weighted by Crippen LogP contribution is 2.42. The van der Waals surface area contributed by atoms with E-state index in [1.807, 2.05) is 44.7 Å². The number of hydrogen-bond acceptors (Lipinski definition) is 2. The normalized spacial score (nSPS) is 16.1. The molecule has 0 unspecified atom stereocenters. The van der Waals surface area contributed by atoms with Crippen LogP contribution in [0.4, 0.5) is 8.78 Å². The van der Waals surface area contributed by atoms with Crippen LogP contribution in [0.3, 0.4) is 0 Å². The number of benzene rings is 1. The molecule has 0 heterocycles. The van der Waals surface area contributed by atoms with Crippen molar-refractivity contribution in [1.29, 1.82) is 0 Å². The molecule has 1 aliphatic rings. The molecule has 0 radical (unpaired) electrons. The second-order valence-corrected chi connectivity index (χ2v) is 6.98. The van der Waals surface area contributed by atoms with Gasteiger partial charge in [-0.2, -0.15) is 8.78 Å². The molecule has 0 N–H and O–H groups in total. The van der Waals surface area contributed by atoms with Gasteiger partial charge in [0.15, 0.2) is 0 Å². The maximum absolute atomic E-state index is 12.4. The van der Waals surface area contributed by atoms with Crippen molar-refractivity contribution in [3.63, 3.8) is 0 Å². The molecule has 0 bridgehead atoms. The molecule has 2 rings (SSSR count). The first kappa shape index (κ1) is 13.7. The van der Waals surface area contributed by atoms with E-state index in [4.69, 9.17) is 0 Å². The molecule has 0 atom stereocenters. The van der Waals surface area contributed by atoms with Crippen LogP contribution in [0.25, 0.3) is 0 Å². The smallest absolute Gasteiger partial charge is 0.387 e. The number of halogens is 2. The van der Waals surface area contributed by atoms with Crippen LogP contribution in [0.2, 0.25) is 0 Å². The Morgan fingerprint density at radius 3 is 2.44 bits per heavy atom. The minimum Gasteiger partial charge on any atom is -0.435 e. The minimum absolute atomic E-state index is 0.204. The second kappa shape index (κ2) is 5.08. The molecule has 100 valence electrons. The van der Waals surface area contributed by atoms with Gasteiger partial charge >= 0.3 is 6.61 Å². The lowest BCUT2D eigenvalue weighted by Gasteiger charge is -2.23. The summed E-state index contributed by atoms with van der Waals surface area (Å²) < 4.78 is 29.4. The van der Waals surface area contributed by atoms with Crippen molar-refractivity contribution < 1.29 is 13.5 Å². The molecule has 1 fully saturated rings. The van der Waals surface area contributed by atoms with E-state index < -0.39 is 6.61 Å². The lowest BCUT2D eigenvalue weighted by molar-refractivity contribution is -0.0509. The molecule has 0 amide bonds. The Bertz CT molecular complexity index is 422. The highest BCUT2D eigenvalue weighted by atomic mass is 32.2. The van der Waals surface area contributed by atoms with Crippen molar-refractivity contribution in [1.82, 2.24) is 0 Å². The third-order valence-electron chi connectivity index (χ3n) is 2.80. The summed E-state index contributed by atoms with van der Waals surface area (Å²) in [6, 6.07) is 5.52. The highest BCUT2D eigenvalue weighted by molar-refractivity contribution is 8.00. The maximum atomic E-state index is 12.4. The van der Waals surface area contributed by atoms with Gasteiger partial charge in [-0.3, -0.25) is 0 Å². The van der Waals surface area contributed by atoms with Gasteiger partial charge in [0.25, 0.3) is 0 Å². The van der Waals surface area contributed by atoms with Gasteiger partial charge in [-0.15, -0.1) is 11.8 Å². The number of ether oxygens (including phenoxy) is 1. The van der Waals surface area contributed by atoms with Gasteiger partial charge in [0.05, 0.1) is 0 Å². The van der Waals surface area contributed by atoms with E-state index in [-0.39, 0.29) is 11.2 Å². The van der Waals surface area contributed by atoms with Crippen molar-refractivity contribution in [3.05, 3.63) is 23.8 Å². The Labute approximate surface area is 111 Å². The molecule has 18 heavy (non-hydrogen) atoms. The SMILES string of the molecule is CC(C)(C)c1cc(SC2CC2)ccc1OC(F)F. The van der Waals surface area contributed by atoms with Crippen LogP contribution in [0.1, 0.15) is 39.2 Å². The number of hydrogen-bond donors (Lipinski definition) is 0. The van der Waals surface area contributed by atoms with Gasteiger partial charge in [0.2, 0.25) is 0 Å². The Kier molecular flexibility index (Phi) is 3.85. The van der Waals surface area contributed by atoms with E-state index in [2.05, 4.69) is 4.74 Å². The number of thioether (sulfide) groups is 1. The maximum Gasteiger partial charge on any atom is 0.387 e. The van der Waals surface area contributed by atoms with Crippen molar-refractivity contribution in [2.75, 3.05) is 0 Å². The molecule has 0 aromatic heterocycles. The predicted octanol–water partition coefficient (Wildman–Crippen LogP) is 4.84. The fraction of sp³-hybridized carbons (Fsp3) is 0.571. The van der Waals surface area contributed by atoms with Gasteiger partial charge in [-0.1, -0.05) is 20.8 Å². The topological polar surface area (TPSA) is 9.23 Å². The monoisotopic (exact) mass is 272 g/mol. The molecule has 1 aromatic rings. The molecule has 0 spiro atoms. The van der Waals surface area contributed by atoms with E-state index in [0.717, 1.165) is 10.5 Å². The molecule has 0 aliphatic heterocycles. The molecule has 1 aromatic carbocycles. The summed E-state index contributed by atoms with van der Waals surface area (Å²) in [7, 11) is 0. The highest BCUT2D eigenvalue weighted by Gasteiger charge is 2.25. The average Bonchev–Trinajstić information content (AvgIpc) is 3.02. The van der Waals surface area contributed by atoms with Crippen LogP contribution in [0.15, 0.2) is 23.1 Å². The van der Waals surface area contributed by atoms with Crippen molar-refractivity contribution in [2.24, 2.45) is 0 Å². The fourth-order valence-corrected chi connectivity index (χ4v) is 2.83. The summed E-state index contributed by atoms with van der Waals surface area (Å²) in [5, 5.41) is 0.708. The summed E-state index contributed by atoms with van der Waals surface area (Å²) in [5.41, 5.74) is 0.637. The molecule has 4 heteroatoms. The van der Waals surface area contributed by atoms with Crippen LogP contribution >= 0.6 is 11.8 Å². The summed E-state index contributed by atoms with van der Waals surface area (Å²) in [6.45, 7) is 3.25. The van der Waals surface area contributed by atoms with E-state index in [1.54, 1.807) is 6.07 Å². The summed E-state index contributed by atoms with van der Waals surface area (Å²) >= 11 is 1.82. The van der Waals surface area contributed by atoms with Crippen LogP contribution in [0.5, 0.6) is 5.75 Å². The van der Waals surface area contributed by atoms with Crippen molar-refractivity contribution in [2.45, 2.75) is 55.8 Å². The molecule has 0 saturated heterocycles. The first-order valence-corrected chi connectivity index (χ1v) is 7.00. The fourth-order valence-electron chi connectivity index (χ4n) is 1.75. The Morgan fingerprint density at radius 2 is 1.94 bits per heavy atom. The third kappa shape index (κ3) is 3.61. The predicted molar refractivity (Wildman–Crippen MR) is 70.7 cm³/mol. The van der Waals surface area contributed by atoms with E-state index in [1.165, 1.54) is 12.8 Å². The Hall–Kier alpha value is -0.770. The minimum atomic E-state index is -2.77. The lowest BCUT2D eigenvalue weighted by Crippen LogP contribution is -2.15. The lowest BCUT2D eigenvalue weighted by atomic mass is 9.86. The molecular formula is C14H18F2OS. The zero-order chi connectivity index (χ0) is 13.3. The van der Waals surface area contributed by atoms with Crippen LogP contribution < -0.4 is 4.74 Å². The average molecular weight is 272 g/mol. The summed E-state index contributed by atoms with van der Waals surface area (Å²) in [5.74, 6) is 0.289. The Balaban J connectivity index is 2.28. The largest absolute Gasteiger partial charge is 0.435 e. The van der Waals surface area contributed by atoms with Gasteiger partial charge in [-0.25, -0.2) is 0 Å². The quantitative estimate of drug-likeness (QED) is 0.775. The van der Waals surface area contributed by atoms with E-state index in [0.29, 0.717) is 5.25 Å². The zero-order valence-corrected chi connectivity index (χ0v) is 11.7. The van der Waals surface area contributed by atoms with Crippen LogP contribution in [0, 0.1) is 0 Å². The number of alkyl halides is 2. The van der Waals surface area contributed by atoms with Gasteiger partial charge in [0.1, 0.15) is 5.75 Å². The number of rotatable bonds is 4. The zero-order valence-electron chi connectivity index (χ0n) is 10.9. The first-order chi connectivity index (χ1) is 8.36. The van der Waals surface area contributed by atoms with E-state index >= 15 is 0 Å². The van der Waals surface area contributed by atoms with Gasteiger partial charge < -0.3 is 4.74 Å². The Morgan fingerprint density at radius 1 is 1.28 bits per heavy atom. The second-order valence-electron chi connectivity index (χ2n) is 5.60. The standard InChI is InChI=1S/C14H18F2OS/c1-14(2,3)11-8-10(18-9-4-5-9)6-7-12(11)17-13(15)16/h6-9,13H,4-5H2,1-3H3. The van der Waals surface area contributed by atoms with Crippen molar-refractivity contribution >= 4 is 11.8 Å². The summed E-state index contributed by atoms with van der Waals surface area (Å²) in [6.07, 6.45) is 2.51. The first-order valence-electron chi connectivity index (χ1n) is 6.12. The van der Waals surface area contributed by atoms with Gasteiger partial charge in [-0.05, 0) is 36.5 Å². The van der Waals surface area contributed by atoms with E-state index in [9.17, 15) is 8.78 Å². The van der Waals surface area contributed by atoms with Gasteiger partial charge in [0, 0.05) is 15.7 Å². The van der Waals surface area contributed by atoms with Crippen LogP contribution in [-0.2, 0) is 5.41 Å². The molecule has 1 aliphatic carbocycles. The molecular weight excluding hydrogens is 254 g/mol. The molecule has 1 nitrogen and oxygen atoms in total. The third-order valence-corrected chi connectivity index (χ3v) is 4.13.